The maximum Gasteiger partial charge on any atom is 0.416 e. The van der Waals surface area contributed by atoms with Crippen molar-refractivity contribution in [2.24, 2.45) is 0 Å². The highest BCUT2D eigenvalue weighted by Crippen LogP contribution is 2.50. The van der Waals surface area contributed by atoms with Crippen molar-refractivity contribution in [2.45, 2.75) is 37.4 Å². The van der Waals surface area contributed by atoms with Gasteiger partial charge in [0.2, 0.25) is 5.91 Å². The van der Waals surface area contributed by atoms with Gasteiger partial charge in [0.15, 0.2) is 0 Å². The second-order valence-corrected chi connectivity index (χ2v) is 8.30. The van der Waals surface area contributed by atoms with Gasteiger partial charge in [-0.3, -0.25) is 4.79 Å². The van der Waals surface area contributed by atoms with Crippen LogP contribution in [-0.2, 0) is 11.0 Å². The topological polar surface area (TPSA) is 23.6 Å². The first kappa shape index (κ1) is 20.0. The standard InChI is InChI=1S/C23H25F3N2O/c1-27(2)10-9-22(29)28-11-8-17-14-21(28)20-13-16(6-7-19(17)20)15-4-3-5-18(12-15)23(24,25)26/h3-7,12-13,17,21H,8-11,14H2,1-2H3. The number of hydrogen-bond donors (Lipinski definition) is 0. The van der Waals surface area contributed by atoms with Gasteiger partial charge in [-0.25, -0.2) is 0 Å². The number of piperidine rings is 1. The van der Waals surface area contributed by atoms with Crippen molar-refractivity contribution in [2.75, 3.05) is 27.2 Å². The molecule has 2 aliphatic rings. The van der Waals surface area contributed by atoms with E-state index < -0.39 is 11.7 Å². The van der Waals surface area contributed by atoms with Crippen molar-refractivity contribution in [3.63, 3.8) is 0 Å². The molecule has 4 rings (SSSR count). The summed E-state index contributed by atoms with van der Waals surface area (Å²) in [5.41, 5.74) is 3.02. The highest BCUT2D eigenvalue weighted by Gasteiger charge is 2.40. The van der Waals surface area contributed by atoms with E-state index in [9.17, 15) is 18.0 Å². The Balaban J connectivity index is 1.64. The molecular weight excluding hydrogens is 377 g/mol. The van der Waals surface area contributed by atoms with Gasteiger partial charge in [0.1, 0.15) is 0 Å². The molecule has 0 N–H and O–H groups in total. The van der Waals surface area contributed by atoms with Crippen LogP contribution in [0.5, 0.6) is 0 Å². The molecule has 1 fully saturated rings. The molecule has 0 radical (unpaired) electrons. The van der Waals surface area contributed by atoms with Crippen LogP contribution in [0.25, 0.3) is 11.1 Å². The average molecular weight is 402 g/mol. The molecule has 1 saturated heterocycles. The first-order valence-corrected chi connectivity index (χ1v) is 9.99. The largest absolute Gasteiger partial charge is 0.416 e. The summed E-state index contributed by atoms with van der Waals surface area (Å²) >= 11 is 0. The Kier molecular flexibility index (Phi) is 5.15. The number of carbonyl (C=O) groups is 1. The monoisotopic (exact) mass is 402 g/mol. The number of halogens is 3. The van der Waals surface area contributed by atoms with Crippen molar-refractivity contribution in [1.82, 2.24) is 9.80 Å². The van der Waals surface area contributed by atoms with Crippen LogP contribution in [0.1, 0.15) is 47.9 Å². The molecular formula is C23H25F3N2O. The van der Waals surface area contributed by atoms with E-state index in [0.29, 0.717) is 24.4 Å². The second-order valence-electron chi connectivity index (χ2n) is 8.30. The van der Waals surface area contributed by atoms with Crippen LogP contribution in [0.15, 0.2) is 42.5 Å². The molecule has 29 heavy (non-hydrogen) atoms. The van der Waals surface area contributed by atoms with Crippen molar-refractivity contribution in [1.29, 1.82) is 0 Å². The highest BCUT2D eigenvalue weighted by atomic mass is 19.4. The number of amides is 1. The first-order valence-electron chi connectivity index (χ1n) is 9.99. The fourth-order valence-electron chi connectivity index (χ4n) is 4.59. The zero-order valence-electron chi connectivity index (χ0n) is 16.7. The predicted octanol–water partition coefficient (Wildman–Crippen LogP) is 5.08. The number of nitrogens with zero attached hydrogens (tertiary/aromatic N) is 2. The Labute approximate surface area is 169 Å². The number of likely N-dealkylation sites (tertiary alicyclic amines) is 1. The molecule has 2 atom stereocenters. The summed E-state index contributed by atoms with van der Waals surface area (Å²) in [6.07, 6.45) is -2.02. The molecule has 2 unspecified atom stereocenters. The molecule has 3 nitrogen and oxygen atoms in total. The van der Waals surface area contributed by atoms with Gasteiger partial charge in [0, 0.05) is 19.5 Å². The summed E-state index contributed by atoms with van der Waals surface area (Å²) in [7, 11) is 3.90. The maximum atomic E-state index is 13.1. The number of alkyl halides is 3. The smallest absolute Gasteiger partial charge is 0.336 e. The molecule has 2 aromatic carbocycles. The van der Waals surface area contributed by atoms with Gasteiger partial charge in [-0.05, 0) is 73.3 Å². The highest BCUT2D eigenvalue weighted by molar-refractivity contribution is 5.78. The van der Waals surface area contributed by atoms with E-state index in [2.05, 4.69) is 0 Å². The van der Waals surface area contributed by atoms with E-state index in [1.54, 1.807) is 6.07 Å². The third-order valence-electron chi connectivity index (χ3n) is 6.10. The molecule has 2 bridgehead atoms. The molecule has 1 aliphatic heterocycles. The summed E-state index contributed by atoms with van der Waals surface area (Å²) < 4.78 is 39.3. The zero-order chi connectivity index (χ0) is 20.8. The molecule has 1 amide bonds. The summed E-state index contributed by atoms with van der Waals surface area (Å²) in [5, 5.41) is 0. The van der Waals surface area contributed by atoms with Crippen molar-refractivity contribution in [3.05, 3.63) is 59.2 Å². The van der Waals surface area contributed by atoms with Crippen LogP contribution in [0.4, 0.5) is 13.2 Å². The van der Waals surface area contributed by atoms with E-state index in [-0.39, 0.29) is 11.9 Å². The Hall–Kier alpha value is -2.34. The fraction of sp³-hybridized carbons (Fsp3) is 0.435. The molecule has 154 valence electrons. The Morgan fingerprint density at radius 3 is 2.59 bits per heavy atom. The lowest BCUT2D eigenvalue weighted by Gasteiger charge is -2.34. The molecule has 0 spiro atoms. The lowest BCUT2D eigenvalue weighted by atomic mass is 9.94. The number of fused-ring (bicyclic) bond motifs is 5. The summed E-state index contributed by atoms with van der Waals surface area (Å²) in [4.78, 5) is 16.8. The van der Waals surface area contributed by atoms with E-state index in [0.717, 1.165) is 36.6 Å². The van der Waals surface area contributed by atoms with E-state index in [1.807, 2.05) is 42.1 Å². The number of hydrogen-bond acceptors (Lipinski definition) is 2. The number of carbonyl (C=O) groups excluding carboxylic acids is 1. The zero-order valence-corrected chi connectivity index (χ0v) is 16.7. The minimum absolute atomic E-state index is 0.0316. The minimum atomic E-state index is -4.36. The normalized spacial score (nSPS) is 20.8. The maximum absolute atomic E-state index is 13.1. The third-order valence-corrected chi connectivity index (χ3v) is 6.10. The van der Waals surface area contributed by atoms with Gasteiger partial charge in [-0.1, -0.05) is 24.3 Å². The molecule has 1 heterocycles. The molecule has 0 aromatic heterocycles. The van der Waals surface area contributed by atoms with Gasteiger partial charge >= 0.3 is 6.18 Å². The average Bonchev–Trinajstić information content (AvgIpc) is 2.97. The van der Waals surface area contributed by atoms with Gasteiger partial charge < -0.3 is 9.80 Å². The molecule has 1 aliphatic carbocycles. The van der Waals surface area contributed by atoms with Crippen LogP contribution in [0.3, 0.4) is 0 Å². The fourth-order valence-corrected chi connectivity index (χ4v) is 4.59. The number of benzene rings is 2. The summed E-state index contributed by atoms with van der Waals surface area (Å²) in [5.74, 6) is 0.586. The van der Waals surface area contributed by atoms with Crippen LogP contribution < -0.4 is 0 Å². The van der Waals surface area contributed by atoms with Gasteiger partial charge in [0.05, 0.1) is 11.6 Å². The van der Waals surface area contributed by atoms with Gasteiger partial charge in [-0.15, -0.1) is 0 Å². The van der Waals surface area contributed by atoms with E-state index in [1.165, 1.54) is 17.7 Å². The van der Waals surface area contributed by atoms with Crippen LogP contribution in [-0.4, -0.2) is 42.9 Å². The molecule has 6 heteroatoms. The Bertz CT molecular complexity index is 923. The second kappa shape index (κ2) is 7.48. The quantitative estimate of drug-likeness (QED) is 0.712. The SMILES string of the molecule is CN(C)CCC(=O)N1CCC2CC1c1cc(-c3cccc(C(F)(F)F)c3)ccc12. The Morgan fingerprint density at radius 2 is 1.86 bits per heavy atom. The van der Waals surface area contributed by atoms with Gasteiger partial charge in [0.25, 0.3) is 0 Å². The number of rotatable bonds is 4. The van der Waals surface area contributed by atoms with Crippen LogP contribution in [0, 0.1) is 0 Å². The van der Waals surface area contributed by atoms with Crippen LogP contribution in [0.2, 0.25) is 0 Å². The van der Waals surface area contributed by atoms with Crippen LogP contribution >= 0.6 is 0 Å². The van der Waals surface area contributed by atoms with Gasteiger partial charge in [-0.2, -0.15) is 13.2 Å². The molecule has 0 saturated carbocycles. The lowest BCUT2D eigenvalue weighted by Crippen LogP contribution is -2.38. The summed E-state index contributed by atoms with van der Waals surface area (Å²) in [6.45, 7) is 1.46. The molecule has 2 aromatic rings. The third kappa shape index (κ3) is 3.90. The van der Waals surface area contributed by atoms with E-state index in [4.69, 9.17) is 0 Å². The van der Waals surface area contributed by atoms with Crippen molar-refractivity contribution >= 4 is 5.91 Å². The Morgan fingerprint density at radius 1 is 1.10 bits per heavy atom. The lowest BCUT2D eigenvalue weighted by molar-refractivity contribution is -0.137. The van der Waals surface area contributed by atoms with Crippen molar-refractivity contribution in [3.8, 4) is 11.1 Å². The minimum Gasteiger partial charge on any atom is -0.336 e. The summed E-state index contributed by atoms with van der Waals surface area (Å²) in [6, 6.07) is 11.4. The van der Waals surface area contributed by atoms with E-state index >= 15 is 0 Å². The predicted molar refractivity (Wildman–Crippen MR) is 106 cm³/mol. The first-order chi connectivity index (χ1) is 13.7. The van der Waals surface area contributed by atoms with Crippen molar-refractivity contribution < 1.29 is 18.0 Å².